The standard InChI is InChI=1S/C18H23NO2.2C18H21NO.C11H13N.C11H15N.H2O.H2/c1-14-4-8-16(9-5-14)19(3)12-17(20)13-21-18-10-6-15(2)7-11-18;1-15-8-10-18(11-9-15)20-13-5-12-19(3)17-7-4-6-16(2)14-17;1-5-17(16-12-14(3)9-10-18(16)20)19(4)15-8-6-7-13(2)11-15;1-9-5-6-10-4-3-7-12(2)11(10)8-9;1-4-8-12(3)11-7-5-6-10(2)9-11;;/h4-11,17,20H,12-13H2,1-3H3;4-12,14H,13H2,1-3H3;5-12,17,20H,1H2,2-4H3;3,5-8H,4H2,1-2H3;4-9H,1-3H3;1H2;1H/b;12-5+;;;8-4+;;. The lowest BCUT2D eigenvalue weighted by Gasteiger charge is -2.29. The highest BCUT2D eigenvalue weighted by Gasteiger charge is 2.18. The minimum absolute atomic E-state index is 0. The summed E-state index contributed by atoms with van der Waals surface area (Å²) in [6.45, 7) is 23.9. The molecular formula is C76H97N5O5. The summed E-state index contributed by atoms with van der Waals surface area (Å²) < 4.78 is 11.3. The van der Waals surface area contributed by atoms with Crippen LogP contribution in [0.25, 0.3) is 0 Å². The molecule has 0 amide bonds. The van der Waals surface area contributed by atoms with Gasteiger partial charge in [-0.25, -0.2) is 0 Å². The Bertz CT molecular complexity index is 3380. The van der Waals surface area contributed by atoms with Crippen LogP contribution in [0, 0.1) is 55.4 Å². The molecule has 8 aromatic rings. The van der Waals surface area contributed by atoms with Gasteiger partial charge in [-0.2, -0.15) is 0 Å². The van der Waals surface area contributed by atoms with Crippen LogP contribution in [-0.4, -0.2) is 76.8 Å². The van der Waals surface area contributed by atoms with E-state index in [0.717, 1.165) is 40.4 Å². The molecule has 86 heavy (non-hydrogen) atoms. The first-order valence-corrected chi connectivity index (χ1v) is 29.2. The lowest BCUT2D eigenvalue weighted by atomic mass is 10.0. The molecule has 0 aromatic heterocycles. The summed E-state index contributed by atoms with van der Waals surface area (Å²) in [4.78, 5) is 10.5. The quantitative estimate of drug-likeness (QED) is 0.0862. The van der Waals surface area contributed by atoms with Gasteiger partial charge in [0.2, 0.25) is 0 Å². The molecule has 9 rings (SSSR count). The number of aliphatic hydroxyl groups excluding tert-OH is 1. The number of phenols is 1. The highest BCUT2D eigenvalue weighted by molar-refractivity contribution is 5.60. The number of fused-ring (bicyclic) bond motifs is 1. The van der Waals surface area contributed by atoms with Gasteiger partial charge >= 0.3 is 0 Å². The van der Waals surface area contributed by atoms with E-state index in [1.807, 2.05) is 126 Å². The summed E-state index contributed by atoms with van der Waals surface area (Å²) in [6.07, 6.45) is 14.8. The monoisotopic (exact) mass is 1160 g/mol. The largest absolute Gasteiger partial charge is 0.508 e. The molecule has 0 bridgehead atoms. The van der Waals surface area contributed by atoms with Gasteiger partial charge in [0.1, 0.15) is 36.6 Å². The second kappa shape index (κ2) is 36.0. The van der Waals surface area contributed by atoms with Crippen LogP contribution in [0.5, 0.6) is 17.2 Å². The van der Waals surface area contributed by atoms with Crippen LogP contribution in [0.15, 0.2) is 231 Å². The van der Waals surface area contributed by atoms with Gasteiger partial charge < -0.3 is 49.7 Å². The van der Waals surface area contributed by atoms with E-state index in [9.17, 15) is 10.2 Å². The first-order chi connectivity index (χ1) is 40.7. The van der Waals surface area contributed by atoms with Crippen molar-refractivity contribution >= 4 is 28.4 Å². The highest BCUT2D eigenvalue weighted by Crippen LogP contribution is 2.33. The number of benzene rings is 8. The van der Waals surface area contributed by atoms with Crippen molar-refractivity contribution in [2.75, 3.05) is 79.5 Å². The van der Waals surface area contributed by atoms with E-state index < -0.39 is 6.10 Å². The minimum atomic E-state index is -0.530. The molecule has 4 N–H and O–H groups in total. The van der Waals surface area contributed by atoms with Crippen LogP contribution in [0.2, 0.25) is 0 Å². The van der Waals surface area contributed by atoms with Crippen molar-refractivity contribution in [3.63, 3.8) is 0 Å². The van der Waals surface area contributed by atoms with Crippen molar-refractivity contribution in [1.29, 1.82) is 0 Å². The number of rotatable bonds is 17. The SMILES string of the molecule is C/C=C/N(C)c1cccc(C)c1.C=CC(c1cc(C)ccc1O)N(C)c1cccc(C)c1.Cc1ccc(OC/C=C/N(C)c2cccc(C)c2)cc1.Cc1ccc(OCC(O)CN(C)c2ccc(C)cc2)cc1.Cc1ccc2c(c1)N(C)C=CC2.O.[HH]. The van der Waals surface area contributed by atoms with Gasteiger partial charge in [0.25, 0.3) is 0 Å². The number of phenolic OH excluding ortho intramolecular Hbond substituents is 1. The number of likely N-dealkylation sites (N-methyl/N-ethyl adjacent to an activating group) is 2. The van der Waals surface area contributed by atoms with Crippen LogP contribution in [0.1, 0.15) is 70.0 Å². The first kappa shape index (κ1) is 69.5. The highest BCUT2D eigenvalue weighted by atomic mass is 16.5. The van der Waals surface area contributed by atoms with Crippen molar-refractivity contribution in [3.05, 3.63) is 287 Å². The first-order valence-electron chi connectivity index (χ1n) is 29.2. The second-order valence-corrected chi connectivity index (χ2v) is 21.9. The smallest absolute Gasteiger partial charge is 0.121 e. The zero-order chi connectivity index (χ0) is 61.8. The molecular weight excluding hydrogens is 1060 g/mol. The lowest BCUT2D eigenvalue weighted by molar-refractivity contribution is 0.113. The number of aryl methyl sites for hydroxylation is 8. The maximum absolute atomic E-state index is 10.1. The average molecular weight is 1160 g/mol. The molecule has 2 atom stereocenters. The van der Waals surface area contributed by atoms with Crippen molar-refractivity contribution in [1.82, 2.24) is 0 Å². The van der Waals surface area contributed by atoms with E-state index in [1.54, 1.807) is 6.07 Å². The third kappa shape index (κ3) is 23.6. The van der Waals surface area contributed by atoms with Crippen LogP contribution in [-0.2, 0) is 6.42 Å². The molecule has 8 aromatic carbocycles. The van der Waals surface area contributed by atoms with Crippen molar-refractivity contribution in [2.24, 2.45) is 0 Å². The number of allylic oxidation sites excluding steroid dienone is 2. The molecule has 0 fully saturated rings. The van der Waals surface area contributed by atoms with E-state index in [0.29, 0.717) is 25.5 Å². The van der Waals surface area contributed by atoms with Crippen molar-refractivity contribution in [3.8, 4) is 17.2 Å². The number of nitrogens with zero attached hydrogens (tertiary/aromatic N) is 5. The number of ether oxygens (including phenoxy) is 2. The average Bonchev–Trinajstić information content (AvgIpc) is 3.36. The topological polar surface area (TPSA) is 107 Å². The number of aromatic hydroxyl groups is 1. The maximum Gasteiger partial charge on any atom is 0.121 e. The molecule has 0 spiro atoms. The molecule has 0 aliphatic carbocycles. The molecule has 1 heterocycles. The molecule has 1 aliphatic rings. The van der Waals surface area contributed by atoms with Crippen molar-refractivity contribution in [2.45, 2.75) is 80.9 Å². The third-order valence-electron chi connectivity index (χ3n) is 14.1. The molecule has 10 heteroatoms. The third-order valence-corrected chi connectivity index (χ3v) is 14.1. The second-order valence-electron chi connectivity index (χ2n) is 21.9. The Morgan fingerprint density at radius 3 is 1.56 bits per heavy atom. The van der Waals surface area contributed by atoms with E-state index in [1.165, 1.54) is 61.6 Å². The van der Waals surface area contributed by atoms with E-state index >= 15 is 0 Å². The summed E-state index contributed by atoms with van der Waals surface area (Å²) in [5.41, 5.74) is 18.2. The Hall–Kier alpha value is -8.96. The zero-order valence-corrected chi connectivity index (χ0v) is 53.5. The molecule has 456 valence electrons. The predicted octanol–water partition coefficient (Wildman–Crippen LogP) is 16.8. The number of hydrogen-bond donors (Lipinski definition) is 2. The van der Waals surface area contributed by atoms with Gasteiger partial charge in [0.05, 0.1) is 6.04 Å². The Labute approximate surface area is 517 Å². The zero-order valence-electron chi connectivity index (χ0n) is 53.5. The fourth-order valence-electron chi connectivity index (χ4n) is 9.18. The fraction of sp³-hybridized carbons (Fsp3) is 0.263. The van der Waals surface area contributed by atoms with Crippen LogP contribution in [0.3, 0.4) is 0 Å². The lowest BCUT2D eigenvalue weighted by Crippen LogP contribution is -2.33. The number of aliphatic hydroxyl groups is 1. The van der Waals surface area contributed by atoms with Gasteiger partial charge in [-0.05, 0) is 200 Å². The van der Waals surface area contributed by atoms with Crippen LogP contribution >= 0.6 is 0 Å². The predicted molar refractivity (Wildman–Crippen MR) is 370 cm³/mol. The molecule has 10 nitrogen and oxygen atoms in total. The van der Waals surface area contributed by atoms with Gasteiger partial charge in [0.15, 0.2) is 0 Å². The summed E-state index contributed by atoms with van der Waals surface area (Å²) >= 11 is 0. The summed E-state index contributed by atoms with van der Waals surface area (Å²) in [7, 11) is 10.2. The number of anilines is 5. The summed E-state index contributed by atoms with van der Waals surface area (Å²) in [6, 6.07) is 61.6. The Morgan fingerprint density at radius 2 is 1.02 bits per heavy atom. The van der Waals surface area contributed by atoms with Crippen LogP contribution in [0.4, 0.5) is 28.4 Å². The van der Waals surface area contributed by atoms with Crippen molar-refractivity contribution < 1.29 is 26.6 Å². The molecule has 0 radical (unpaired) electrons. The summed E-state index contributed by atoms with van der Waals surface area (Å²) in [5, 5.41) is 20.2. The molecule has 0 saturated carbocycles. The molecule has 1 aliphatic heterocycles. The normalized spacial score (nSPS) is 11.7. The number of hydrogen-bond acceptors (Lipinski definition) is 9. The Balaban J connectivity index is 0.000000288. The van der Waals surface area contributed by atoms with E-state index in [2.05, 4.69) is 222 Å². The Morgan fingerprint density at radius 1 is 0.558 bits per heavy atom. The van der Waals surface area contributed by atoms with E-state index in [-0.39, 0.29) is 12.9 Å². The van der Waals surface area contributed by atoms with Gasteiger partial charge in [-0.1, -0.05) is 131 Å². The maximum atomic E-state index is 10.1. The fourth-order valence-corrected chi connectivity index (χ4v) is 9.18. The van der Waals surface area contributed by atoms with Gasteiger partial charge in [-0.15, -0.1) is 6.58 Å². The van der Waals surface area contributed by atoms with Gasteiger partial charge in [-0.3, -0.25) is 0 Å². The molecule has 2 unspecified atom stereocenters. The van der Waals surface area contributed by atoms with E-state index in [4.69, 9.17) is 9.47 Å². The summed E-state index contributed by atoms with van der Waals surface area (Å²) in [5.74, 6) is 2.00. The molecule has 0 saturated heterocycles. The minimum Gasteiger partial charge on any atom is -0.508 e. The Kier molecular flexibility index (Phi) is 29.1. The van der Waals surface area contributed by atoms with Crippen LogP contribution < -0.4 is 34.0 Å². The van der Waals surface area contributed by atoms with Gasteiger partial charge in [0, 0.05) is 89.6 Å².